The Morgan fingerprint density at radius 2 is 1.86 bits per heavy atom. The number of oxime groups is 1. The monoisotopic (exact) mass is 331 g/mol. The van der Waals surface area contributed by atoms with Crippen LogP contribution in [0.5, 0.6) is 0 Å². The summed E-state index contributed by atoms with van der Waals surface area (Å²) in [6.07, 6.45) is 4.28. The maximum absolute atomic E-state index is 12.3. The number of carbonyl (C=O) groups is 1. The van der Waals surface area contributed by atoms with Crippen molar-refractivity contribution in [1.29, 1.82) is 5.26 Å². The van der Waals surface area contributed by atoms with Crippen molar-refractivity contribution in [3.05, 3.63) is 0 Å². The highest BCUT2D eigenvalue weighted by Crippen LogP contribution is 2.49. The second-order valence-corrected chi connectivity index (χ2v) is 6.65. The van der Waals surface area contributed by atoms with Crippen LogP contribution in [0.15, 0.2) is 5.16 Å². The molecule has 0 aromatic carbocycles. The van der Waals surface area contributed by atoms with Crippen LogP contribution in [0.2, 0.25) is 0 Å². The molecule has 1 rings (SSSR count). The molecule has 1 amide bonds. The molecule has 0 heterocycles. The molecule has 1 aliphatic rings. The first-order chi connectivity index (χ1) is 10.6. The number of hydrogen-bond donors (Lipinski definition) is 1. The molecule has 0 saturated heterocycles. The van der Waals surface area contributed by atoms with E-state index < -0.39 is 19.1 Å². The number of amides is 1. The van der Waals surface area contributed by atoms with Crippen molar-refractivity contribution in [3.63, 3.8) is 0 Å². The molecular formula is C13H22N3O5P. The second-order valence-electron chi connectivity index (χ2n) is 4.72. The first kappa shape index (κ1) is 18.6. The zero-order valence-electron chi connectivity index (χ0n) is 12.9. The van der Waals surface area contributed by atoms with E-state index >= 15 is 0 Å². The molecule has 0 aromatic rings. The van der Waals surface area contributed by atoms with Crippen LogP contribution in [-0.2, 0) is 18.5 Å². The Hall–Kier alpha value is -1.42. The summed E-state index contributed by atoms with van der Waals surface area (Å²) in [7, 11) is -3.84. The van der Waals surface area contributed by atoms with Gasteiger partial charge in [0.1, 0.15) is 6.07 Å². The van der Waals surface area contributed by atoms with Crippen LogP contribution < -0.4 is 5.32 Å². The first-order valence-corrected chi connectivity index (χ1v) is 8.95. The molecule has 1 N–H and O–H groups in total. The summed E-state index contributed by atoms with van der Waals surface area (Å²) >= 11 is 0. The highest BCUT2D eigenvalue weighted by molar-refractivity contribution is 7.73. The fourth-order valence-electron chi connectivity index (χ4n) is 2.16. The second kappa shape index (κ2) is 9.57. The molecule has 8 nitrogen and oxygen atoms in total. The fourth-order valence-corrected chi connectivity index (χ4v) is 3.42. The summed E-state index contributed by atoms with van der Waals surface area (Å²) in [4.78, 5) is 16.3. The van der Waals surface area contributed by atoms with Crippen LogP contribution in [0.1, 0.15) is 46.0 Å². The standard InChI is InChI=1S/C13H22N3O5P/c1-3-19-22(18,20-4-2)12(10-14)16-21-13(17)15-11-8-6-5-7-9-11/h11H,3-9H2,1-2H3,(H,15,17). The summed E-state index contributed by atoms with van der Waals surface area (Å²) in [5, 5.41) is 15.0. The zero-order valence-corrected chi connectivity index (χ0v) is 13.8. The number of rotatable bonds is 7. The van der Waals surface area contributed by atoms with Gasteiger partial charge in [0.05, 0.1) is 13.2 Å². The number of carbonyl (C=O) groups excluding carboxylic acids is 1. The smallest absolute Gasteiger partial charge is 0.317 e. The van der Waals surface area contributed by atoms with Crippen molar-refractivity contribution >= 4 is 19.1 Å². The molecule has 1 saturated carbocycles. The van der Waals surface area contributed by atoms with Gasteiger partial charge in [0.25, 0.3) is 5.45 Å². The SMILES string of the molecule is CCOP(=O)(OCC)C(C#N)=NOC(=O)NC1CCCCC1. The third-order valence-electron chi connectivity index (χ3n) is 3.10. The predicted molar refractivity (Wildman–Crippen MR) is 80.4 cm³/mol. The van der Waals surface area contributed by atoms with Crippen molar-refractivity contribution in [2.24, 2.45) is 5.16 Å². The van der Waals surface area contributed by atoms with Gasteiger partial charge in [-0.3, -0.25) is 9.40 Å². The molecule has 1 fully saturated rings. The van der Waals surface area contributed by atoms with Gasteiger partial charge in [0.15, 0.2) is 0 Å². The summed E-state index contributed by atoms with van der Waals surface area (Å²) in [5.74, 6) is 0. The van der Waals surface area contributed by atoms with Crippen molar-refractivity contribution < 1.29 is 23.2 Å². The van der Waals surface area contributed by atoms with Crippen LogP contribution in [0.4, 0.5) is 4.79 Å². The first-order valence-electron chi connectivity index (χ1n) is 7.41. The Morgan fingerprint density at radius 3 is 2.36 bits per heavy atom. The van der Waals surface area contributed by atoms with Gasteiger partial charge < -0.3 is 14.4 Å². The van der Waals surface area contributed by atoms with Crippen LogP contribution in [0.25, 0.3) is 0 Å². The quantitative estimate of drug-likeness (QED) is 0.332. The molecule has 0 radical (unpaired) electrons. The zero-order chi connectivity index (χ0) is 16.4. The number of hydrogen-bond acceptors (Lipinski definition) is 7. The van der Waals surface area contributed by atoms with Gasteiger partial charge in [-0.05, 0) is 26.7 Å². The van der Waals surface area contributed by atoms with E-state index in [2.05, 4.69) is 15.3 Å². The molecule has 0 spiro atoms. The summed E-state index contributed by atoms with van der Waals surface area (Å²) in [6.45, 7) is 3.37. The minimum Gasteiger partial charge on any atom is -0.317 e. The Labute approximate surface area is 130 Å². The van der Waals surface area contributed by atoms with Crippen molar-refractivity contribution in [3.8, 4) is 6.07 Å². The molecule has 22 heavy (non-hydrogen) atoms. The molecule has 9 heteroatoms. The molecule has 1 aliphatic carbocycles. The normalized spacial score (nSPS) is 16.9. The molecule has 0 atom stereocenters. The topological polar surface area (TPSA) is 110 Å². The lowest BCUT2D eigenvalue weighted by Crippen LogP contribution is -2.36. The highest BCUT2D eigenvalue weighted by Gasteiger charge is 2.33. The Balaban J connectivity index is 2.64. The molecule has 0 bridgehead atoms. The van der Waals surface area contributed by atoms with Crippen molar-refractivity contribution in [1.82, 2.24) is 5.32 Å². The van der Waals surface area contributed by atoms with Crippen LogP contribution >= 0.6 is 7.60 Å². The third-order valence-corrected chi connectivity index (χ3v) is 5.00. The lowest BCUT2D eigenvalue weighted by molar-refractivity contribution is 0.143. The number of nitriles is 1. The molecule has 0 aliphatic heterocycles. The minimum atomic E-state index is -3.84. The number of nitrogens with zero attached hydrogens (tertiary/aromatic N) is 2. The molecule has 124 valence electrons. The van der Waals surface area contributed by atoms with E-state index in [1.54, 1.807) is 19.9 Å². The molecular weight excluding hydrogens is 309 g/mol. The van der Waals surface area contributed by atoms with E-state index in [9.17, 15) is 9.36 Å². The van der Waals surface area contributed by atoms with E-state index in [0.29, 0.717) is 0 Å². The van der Waals surface area contributed by atoms with Crippen LogP contribution in [-0.4, -0.2) is 30.8 Å². The van der Waals surface area contributed by atoms with E-state index in [-0.39, 0.29) is 19.3 Å². The Bertz CT molecular complexity index is 473. The highest BCUT2D eigenvalue weighted by atomic mass is 31.2. The van der Waals surface area contributed by atoms with Crippen LogP contribution in [0.3, 0.4) is 0 Å². The average Bonchev–Trinajstić information content (AvgIpc) is 2.49. The summed E-state index contributed by atoms with van der Waals surface area (Å²) in [5.41, 5.74) is -0.574. The van der Waals surface area contributed by atoms with Crippen molar-refractivity contribution in [2.75, 3.05) is 13.2 Å². The average molecular weight is 331 g/mol. The van der Waals surface area contributed by atoms with Gasteiger partial charge >= 0.3 is 13.7 Å². The summed E-state index contributed by atoms with van der Waals surface area (Å²) in [6, 6.07) is 1.65. The summed E-state index contributed by atoms with van der Waals surface area (Å²) < 4.78 is 22.3. The lowest BCUT2D eigenvalue weighted by atomic mass is 9.96. The largest absolute Gasteiger partial charge is 0.433 e. The van der Waals surface area contributed by atoms with E-state index in [0.717, 1.165) is 32.1 Å². The van der Waals surface area contributed by atoms with E-state index in [4.69, 9.17) is 14.3 Å². The van der Waals surface area contributed by atoms with Gasteiger partial charge in [-0.15, -0.1) is 0 Å². The Kier molecular flexibility index (Phi) is 8.10. The van der Waals surface area contributed by atoms with Crippen LogP contribution in [0, 0.1) is 11.3 Å². The maximum atomic E-state index is 12.3. The minimum absolute atomic E-state index is 0.0487. The predicted octanol–water partition coefficient (Wildman–Crippen LogP) is 3.15. The van der Waals surface area contributed by atoms with Gasteiger partial charge in [-0.25, -0.2) is 4.79 Å². The lowest BCUT2D eigenvalue weighted by Gasteiger charge is -2.21. The van der Waals surface area contributed by atoms with Gasteiger partial charge in [0.2, 0.25) is 0 Å². The van der Waals surface area contributed by atoms with E-state index in [1.165, 1.54) is 0 Å². The Morgan fingerprint density at radius 1 is 1.27 bits per heavy atom. The number of nitrogens with one attached hydrogen (secondary N) is 1. The molecule has 0 unspecified atom stereocenters. The maximum Gasteiger partial charge on any atom is 0.433 e. The third kappa shape index (κ3) is 5.76. The van der Waals surface area contributed by atoms with E-state index in [1.807, 2.05) is 0 Å². The van der Waals surface area contributed by atoms with Gasteiger partial charge in [-0.2, -0.15) is 5.26 Å². The fraction of sp³-hybridized carbons (Fsp3) is 0.769. The van der Waals surface area contributed by atoms with Gasteiger partial charge in [0, 0.05) is 6.04 Å². The van der Waals surface area contributed by atoms with Crippen molar-refractivity contribution in [2.45, 2.75) is 52.0 Å². The molecule has 0 aromatic heterocycles. The van der Waals surface area contributed by atoms with Gasteiger partial charge in [-0.1, -0.05) is 24.4 Å².